The molecule has 0 amide bonds. The molecule has 118 valence electrons. The second-order valence-corrected chi connectivity index (χ2v) is 7.22. The van der Waals surface area contributed by atoms with Gasteiger partial charge >= 0.3 is 6.18 Å². The number of hydrogen-bond acceptors (Lipinski definition) is 3. The zero-order valence-corrected chi connectivity index (χ0v) is 12.2. The summed E-state index contributed by atoms with van der Waals surface area (Å²) in [6.07, 6.45) is -3.19. The van der Waals surface area contributed by atoms with E-state index in [4.69, 9.17) is 5.11 Å². The average Bonchev–Trinajstić information content (AvgIpc) is 3.16. The molecule has 1 aliphatic carbocycles. The summed E-state index contributed by atoms with van der Waals surface area (Å²) in [5.74, 6) is 0. The molecule has 1 aromatic rings. The van der Waals surface area contributed by atoms with E-state index >= 15 is 0 Å². The van der Waals surface area contributed by atoms with E-state index in [2.05, 4.69) is 4.72 Å². The highest BCUT2D eigenvalue weighted by molar-refractivity contribution is 7.89. The van der Waals surface area contributed by atoms with E-state index < -0.39 is 32.1 Å². The van der Waals surface area contributed by atoms with Gasteiger partial charge in [0.2, 0.25) is 10.0 Å². The fourth-order valence-electron chi connectivity index (χ4n) is 1.97. The molecule has 21 heavy (non-hydrogen) atoms. The van der Waals surface area contributed by atoms with Gasteiger partial charge in [0.15, 0.2) is 0 Å². The molecule has 2 rings (SSSR count). The Hall–Kier alpha value is -1.12. The van der Waals surface area contributed by atoms with Gasteiger partial charge in [-0.25, -0.2) is 13.1 Å². The Morgan fingerprint density at radius 2 is 1.95 bits per heavy atom. The number of aliphatic hydroxyl groups is 1. The minimum atomic E-state index is -4.60. The van der Waals surface area contributed by atoms with Crippen LogP contribution in [0.15, 0.2) is 23.1 Å². The van der Waals surface area contributed by atoms with Crippen molar-refractivity contribution >= 4 is 10.0 Å². The molecular weight excluding hydrogens is 307 g/mol. The van der Waals surface area contributed by atoms with Gasteiger partial charge in [0, 0.05) is 18.6 Å². The SMILES string of the molecule is Cc1ccc(S(=O)(=O)NCC2(CO)CC2)cc1C(F)(F)F. The van der Waals surface area contributed by atoms with E-state index in [1.807, 2.05) is 0 Å². The number of aryl methyl sites for hydroxylation is 1. The standard InChI is InChI=1S/C13H16F3NO3S/c1-9-2-3-10(6-11(9)13(14,15)16)21(19,20)17-7-12(8-18)4-5-12/h2-3,6,17-18H,4-5,7-8H2,1H3. The number of aliphatic hydroxyl groups excluding tert-OH is 1. The summed E-state index contributed by atoms with van der Waals surface area (Å²) >= 11 is 0. The van der Waals surface area contributed by atoms with Gasteiger partial charge in [-0.2, -0.15) is 13.2 Å². The van der Waals surface area contributed by atoms with Gasteiger partial charge in [-0.15, -0.1) is 0 Å². The maximum atomic E-state index is 12.8. The Morgan fingerprint density at radius 3 is 2.43 bits per heavy atom. The van der Waals surface area contributed by atoms with Gasteiger partial charge < -0.3 is 5.11 Å². The summed E-state index contributed by atoms with van der Waals surface area (Å²) in [5.41, 5.74) is -1.45. The van der Waals surface area contributed by atoms with Crippen LogP contribution in [0.1, 0.15) is 24.0 Å². The summed E-state index contributed by atoms with van der Waals surface area (Å²) in [4.78, 5) is -0.422. The van der Waals surface area contributed by atoms with Crippen molar-refractivity contribution in [2.75, 3.05) is 13.2 Å². The maximum absolute atomic E-state index is 12.8. The molecule has 0 aromatic heterocycles. The molecule has 0 spiro atoms. The third kappa shape index (κ3) is 3.56. The van der Waals surface area contributed by atoms with E-state index in [0.29, 0.717) is 18.9 Å². The largest absolute Gasteiger partial charge is 0.416 e. The summed E-state index contributed by atoms with van der Waals surface area (Å²) in [5, 5.41) is 9.13. The molecule has 4 nitrogen and oxygen atoms in total. The van der Waals surface area contributed by atoms with Crippen LogP contribution in [0.3, 0.4) is 0 Å². The quantitative estimate of drug-likeness (QED) is 0.872. The van der Waals surface area contributed by atoms with Crippen molar-refractivity contribution in [2.24, 2.45) is 5.41 Å². The van der Waals surface area contributed by atoms with E-state index in [9.17, 15) is 21.6 Å². The molecule has 8 heteroatoms. The predicted molar refractivity (Wildman–Crippen MR) is 70.1 cm³/mol. The van der Waals surface area contributed by atoms with Crippen LogP contribution in [0, 0.1) is 12.3 Å². The zero-order chi connectivity index (χ0) is 15.9. The third-order valence-electron chi connectivity index (χ3n) is 3.75. The first kappa shape index (κ1) is 16.3. The van der Waals surface area contributed by atoms with Crippen LogP contribution in [-0.2, 0) is 16.2 Å². The first-order chi connectivity index (χ1) is 9.60. The van der Waals surface area contributed by atoms with Crippen LogP contribution in [0.5, 0.6) is 0 Å². The number of benzene rings is 1. The van der Waals surface area contributed by atoms with Gasteiger partial charge in [-0.05, 0) is 37.5 Å². The van der Waals surface area contributed by atoms with Crippen LogP contribution in [0.25, 0.3) is 0 Å². The topological polar surface area (TPSA) is 66.4 Å². The first-order valence-corrected chi connectivity index (χ1v) is 7.86. The molecule has 0 radical (unpaired) electrons. The number of hydrogen-bond donors (Lipinski definition) is 2. The molecule has 0 heterocycles. The number of nitrogens with one attached hydrogen (secondary N) is 1. The fraction of sp³-hybridized carbons (Fsp3) is 0.538. The summed E-state index contributed by atoms with van der Waals surface area (Å²) < 4.78 is 64.8. The van der Waals surface area contributed by atoms with Crippen LogP contribution in [-0.4, -0.2) is 26.7 Å². The minimum absolute atomic E-state index is 0.0288. The Balaban J connectivity index is 2.24. The van der Waals surface area contributed by atoms with E-state index in [0.717, 1.165) is 12.1 Å². The molecule has 0 saturated heterocycles. The van der Waals surface area contributed by atoms with Crippen LogP contribution in [0.2, 0.25) is 0 Å². The van der Waals surface area contributed by atoms with Gasteiger partial charge in [0.25, 0.3) is 0 Å². The van der Waals surface area contributed by atoms with E-state index in [1.165, 1.54) is 6.92 Å². The van der Waals surface area contributed by atoms with Crippen LogP contribution >= 0.6 is 0 Å². The Labute approximate surface area is 121 Å². The zero-order valence-electron chi connectivity index (χ0n) is 11.4. The minimum Gasteiger partial charge on any atom is -0.396 e. The normalized spacial score (nSPS) is 17.8. The molecule has 1 saturated carbocycles. The van der Waals surface area contributed by atoms with Gasteiger partial charge in [-0.1, -0.05) is 6.07 Å². The lowest BCUT2D eigenvalue weighted by Gasteiger charge is -2.15. The first-order valence-electron chi connectivity index (χ1n) is 6.38. The summed E-state index contributed by atoms with van der Waals surface area (Å²) in [7, 11) is -4.02. The van der Waals surface area contributed by atoms with Crippen molar-refractivity contribution < 1.29 is 26.7 Å². The smallest absolute Gasteiger partial charge is 0.396 e. The lowest BCUT2D eigenvalue weighted by Crippen LogP contribution is -2.32. The fourth-order valence-corrected chi connectivity index (χ4v) is 3.16. The predicted octanol–water partition coefficient (Wildman–Crippen LogP) is 2.06. The Bertz CT molecular complexity index is 637. The van der Waals surface area contributed by atoms with Crippen molar-refractivity contribution in [3.05, 3.63) is 29.3 Å². The van der Waals surface area contributed by atoms with Gasteiger partial charge in [0.05, 0.1) is 10.5 Å². The number of rotatable bonds is 5. The van der Waals surface area contributed by atoms with E-state index in [1.54, 1.807) is 0 Å². The highest BCUT2D eigenvalue weighted by atomic mass is 32.2. The average molecular weight is 323 g/mol. The highest BCUT2D eigenvalue weighted by Gasteiger charge is 2.42. The molecule has 2 N–H and O–H groups in total. The van der Waals surface area contributed by atoms with Crippen molar-refractivity contribution in [1.29, 1.82) is 0 Å². The number of alkyl halides is 3. The van der Waals surface area contributed by atoms with Crippen LogP contribution < -0.4 is 4.72 Å². The second kappa shape index (κ2) is 5.26. The molecular formula is C13H16F3NO3S. The number of halogens is 3. The lowest BCUT2D eigenvalue weighted by atomic mass is 10.1. The molecule has 1 fully saturated rings. The van der Waals surface area contributed by atoms with Crippen molar-refractivity contribution in [2.45, 2.75) is 30.8 Å². The van der Waals surface area contributed by atoms with Crippen molar-refractivity contribution in [3.63, 3.8) is 0 Å². The molecule has 0 atom stereocenters. The van der Waals surface area contributed by atoms with Crippen molar-refractivity contribution in [3.8, 4) is 0 Å². The van der Waals surface area contributed by atoms with Gasteiger partial charge in [0.1, 0.15) is 0 Å². The van der Waals surface area contributed by atoms with Gasteiger partial charge in [-0.3, -0.25) is 0 Å². The molecule has 1 aliphatic rings. The molecule has 1 aromatic carbocycles. The Kier molecular flexibility index (Phi) is 4.07. The lowest BCUT2D eigenvalue weighted by molar-refractivity contribution is -0.138. The number of sulfonamides is 1. The summed E-state index contributed by atoms with van der Waals surface area (Å²) in [6.45, 7) is 1.16. The van der Waals surface area contributed by atoms with E-state index in [-0.39, 0.29) is 18.7 Å². The summed E-state index contributed by atoms with van der Waals surface area (Å²) in [6, 6.07) is 2.91. The highest BCUT2D eigenvalue weighted by Crippen LogP contribution is 2.44. The Morgan fingerprint density at radius 1 is 1.33 bits per heavy atom. The third-order valence-corrected chi connectivity index (χ3v) is 5.15. The molecule has 0 unspecified atom stereocenters. The maximum Gasteiger partial charge on any atom is 0.416 e. The van der Waals surface area contributed by atoms with Crippen LogP contribution in [0.4, 0.5) is 13.2 Å². The molecule has 0 aliphatic heterocycles. The molecule has 0 bridgehead atoms. The van der Waals surface area contributed by atoms with Crippen molar-refractivity contribution in [1.82, 2.24) is 4.72 Å². The monoisotopic (exact) mass is 323 g/mol. The second-order valence-electron chi connectivity index (χ2n) is 5.46.